The molecule has 19 heavy (non-hydrogen) atoms. The van der Waals surface area contributed by atoms with Crippen LogP contribution in [-0.2, 0) is 6.54 Å². The predicted octanol–water partition coefficient (Wildman–Crippen LogP) is 3.25. The van der Waals surface area contributed by atoms with E-state index in [1.807, 2.05) is 30.6 Å². The van der Waals surface area contributed by atoms with Gasteiger partial charge in [-0.3, -0.25) is 0 Å². The normalized spacial score (nSPS) is 18.4. The number of benzene rings is 1. The molecule has 0 spiro atoms. The van der Waals surface area contributed by atoms with E-state index in [-0.39, 0.29) is 0 Å². The molecule has 0 saturated heterocycles. The van der Waals surface area contributed by atoms with Crippen LogP contribution < -0.4 is 0 Å². The maximum absolute atomic E-state index is 10.7. The van der Waals surface area contributed by atoms with Gasteiger partial charge in [0.05, 0.1) is 12.1 Å². The highest BCUT2D eigenvalue weighted by atomic mass is 16.3. The molecule has 0 unspecified atom stereocenters. The van der Waals surface area contributed by atoms with Crippen LogP contribution >= 0.6 is 0 Å². The highest BCUT2D eigenvalue weighted by Gasteiger charge is 2.30. The van der Waals surface area contributed by atoms with E-state index in [0.29, 0.717) is 6.54 Å². The molecule has 0 aliphatic heterocycles. The number of nitrogens with zero attached hydrogens (tertiary/aromatic N) is 2. The topological polar surface area (TPSA) is 38.0 Å². The van der Waals surface area contributed by atoms with Crippen LogP contribution in [0.15, 0.2) is 42.7 Å². The third-order valence-corrected chi connectivity index (χ3v) is 4.00. The number of aromatic nitrogens is 2. The lowest BCUT2D eigenvalue weighted by molar-refractivity contribution is -0.0111. The molecule has 3 rings (SSSR count). The Morgan fingerprint density at radius 2 is 1.84 bits per heavy atom. The molecule has 100 valence electrons. The fourth-order valence-corrected chi connectivity index (χ4v) is 2.97. The van der Waals surface area contributed by atoms with Gasteiger partial charge in [-0.2, -0.15) is 0 Å². The Balaban J connectivity index is 1.84. The average Bonchev–Trinajstić information content (AvgIpc) is 2.88. The lowest BCUT2D eigenvalue weighted by atomic mass is 9.85. The van der Waals surface area contributed by atoms with Gasteiger partial charge in [0.25, 0.3) is 0 Å². The summed E-state index contributed by atoms with van der Waals surface area (Å²) in [4.78, 5) is 4.43. The fourth-order valence-electron chi connectivity index (χ4n) is 2.97. The largest absolute Gasteiger partial charge is 0.388 e. The Hall–Kier alpha value is -1.61. The van der Waals surface area contributed by atoms with Crippen LogP contribution in [0.3, 0.4) is 0 Å². The van der Waals surface area contributed by atoms with E-state index in [4.69, 9.17) is 0 Å². The molecule has 1 aromatic heterocycles. The van der Waals surface area contributed by atoms with Crippen LogP contribution in [0, 0.1) is 0 Å². The summed E-state index contributed by atoms with van der Waals surface area (Å²) >= 11 is 0. The number of hydrogen-bond donors (Lipinski definition) is 1. The summed E-state index contributed by atoms with van der Waals surface area (Å²) in [5, 5.41) is 10.7. The Bertz CT molecular complexity index is 527. The maximum Gasteiger partial charge on any atom is 0.139 e. The third kappa shape index (κ3) is 2.71. The standard InChI is InChI=1S/C16H20N2O/c19-16(9-5-2-6-10-16)13-18-12-11-17-15(18)14-7-3-1-4-8-14/h1,3-4,7-8,11-12,19H,2,5-6,9-10,13H2. The van der Waals surface area contributed by atoms with Crippen LogP contribution in [0.5, 0.6) is 0 Å². The minimum atomic E-state index is -0.553. The van der Waals surface area contributed by atoms with Crippen molar-refractivity contribution >= 4 is 0 Å². The van der Waals surface area contributed by atoms with Crippen LogP contribution in [0.25, 0.3) is 11.4 Å². The number of hydrogen-bond acceptors (Lipinski definition) is 2. The molecule has 3 nitrogen and oxygen atoms in total. The molecule has 0 amide bonds. The van der Waals surface area contributed by atoms with Crippen molar-refractivity contribution in [3.8, 4) is 11.4 Å². The van der Waals surface area contributed by atoms with Gasteiger partial charge in [-0.05, 0) is 12.8 Å². The van der Waals surface area contributed by atoms with Gasteiger partial charge in [0.15, 0.2) is 0 Å². The van der Waals surface area contributed by atoms with E-state index in [0.717, 1.165) is 37.1 Å². The first-order chi connectivity index (χ1) is 9.27. The zero-order chi connectivity index (χ0) is 13.1. The second-order valence-electron chi connectivity index (χ2n) is 5.53. The first-order valence-electron chi connectivity index (χ1n) is 7.06. The van der Waals surface area contributed by atoms with Crippen LogP contribution in [0.1, 0.15) is 32.1 Å². The van der Waals surface area contributed by atoms with E-state index in [1.165, 1.54) is 6.42 Å². The first-order valence-corrected chi connectivity index (χ1v) is 7.06. The van der Waals surface area contributed by atoms with Gasteiger partial charge >= 0.3 is 0 Å². The van der Waals surface area contributed by atoms with E-state index < -0.39 is 5.60 Å². The zero-order valence-corrected chi connectivity index (χ0v) is 11.1. The summed E-state index contributed by atoms with van der Waals surface area (Å²) in [6, 6.07) is 10.2. The molecule has 0 bridgehead atoms. The summed E-state index contributed by atoms with van der Waals surface area (Å²) in [5.41, 5.74) is 0.551. The smallest absolute Gasteiger partial charge is 0.139 e. The fraction of sp³-hybridized carbons (Fsp3) is 0.438. The van der Waals surface area contributed by atoms with Crippen molar-refractivity contribution in [3.63, 3.8) is 0 Å². The quantitative estimate of drug-likeness (QED) is 0.915. The highest BCUT2D eigenvalue weighted by molar-refractivity contribution is 5.55. The molecule has 1 saturated carbocycles. The van der Waals surface area contributed by atoms with E-state index in [2.05, 4.69) is 21.7 Å². The number of aliphatic hydroxyl groups is 1. The Morgan fingerprint density at radius 3 is 2.58 bits per heavy atom. The van der Waals surface area contributed by atoms with Crippen LogP contribution in [-0.4, -0.2) is 20.3 Å². The lowest BCUT2D eigenvalue weighted by Crippen LogP contribution is -2.36. The number of rotatable bonds is 3. The van der Waals surface area contributed by atoms with Crippen molar-refractivity contribution in [1.82, 2.24) is 9.55 Å². The van der Waals surface area contributed by atoms with Crippen molar-refractivity contribution in [2.45, 2.75) is 44.2 Å². The summed E-state index contributed by atoms with van der Waals surface area (Å²) in [6.07, 6.45) is 9.10. The van der Waals surface area contributed by atoms with Gasteiger partial charge in [0, 0.05) is 18.0 Å². The molecule has 1 aliphatic rings. The highest BCUT2D eigenvalue weighted by Crippen LogP contribution is 2.30. The predicted molar refractivity (Wildman–Crippen MR) is 75.7 cm³/mol. The molecule has 0 atom stereocenters. The second-order valence-corrected chi connectivity index (χ2v) is 5.53. The summed E-state index contributed by atoms with van der Waals surface area (Å²) in [7, 11) is 0. The summed E-state index contributed by atoms with van der Waals surface area (Å²) in [5.74, 6) is 0.944. The zero-order valence-electron chi connectivity index (χ0n) is 11.1. The van der Waals surface area contributed by atoms with Gasteiger partial charge in [-0.25, -0.2) is 4.98 Å². The SMILES string of the molecule is OC1(Cn2ccnc2-c2ccccc2)CCCCC1. The van der Waals surface area contributed by atoms with Gasteiger partial charge in [-0.15, -0.1) is 0 Å². The Morgan fingerprint density at radius 1 is 1.11 bits per heavy atom. The molecule has 1 aliphatic carbocycles. The minimum absolute atomic E-state index is 0.553. The first kappa shape index (κ1) is 12.4. The van der Waals surface area contributed by atoms with Gasteiger partial charge in [0.1, 0.15) is 5.82 Å². The van der Waals surface area contributed by atoms with Crippen LogP contribution in [0.2, 0.25) is 0 Å². The molecular weight excluding hydrogens is 236 g/mol. The van der Waals surface area contributed by atoms with Crippen molar-refractivity contribution in [2.75, 3.05) is 0 Å². The molecule has 2 aromatic rings. The van der Waals surface area contributed by atoms with Gasteiger partial charge in [0.2, 0.25) is 0 Å². The molecular formula is C16H20N2O. The van der Waals surface area contributed by atoms with Crippen molar-refractivity contribution < 1.29 is 5.11 Å². The van der Waals surface area contributed by atoms with Crippen molar-refractivity contribution in [3.05, 3.63) is 42.7 Å². The minimum Gasteiger partial charge on any atom is -0.388 e. The lowest BCUT2D eigenvalue weighted by Gasteiger charge is -2.32. The summed E-state index contributed by atoms with van der Waals surface area (Å²) in [6.45, 7) is 0.650. The molecule has 0 radical (unpaired) electrons. The third-order valence-electron chi connectivity index (χ3n) is 4.00. The van der Waals surface area contributed by atoms with Crippen molar-refractivity contribution in [1.29, 1.82) is 0 Å². The maximum atomic E-state index is 10.7. The van der Waals surface area contributed by atoms with E-state index in [9.17, 15) is 5.11 Å². The number of imidazole rings is 1. The second kappa shape index (κ2) is 5.17. The Kier molecular flexibility index (Phi) is 3.38. The van der Waals surface area contributed by atoms with E-state index >= 15 is 0 Å². The molecule has 1 N–H and O–H groups in total. The van der Waals surface area contributed by atoms with Gasteiger partial charge in [-0.1, -0.05) is 49.6 Å². The monoisotopic (exact) mass is 256 g/mol. The molecule has 1 aromatic carbocycles. The summed E-state index contributed by atoms with van der Waals surface area (Å²) < 4.78 is 2.08. The van der Waals surface area contributed by atoms with Gasteiger partial charge < -0.3 is 9.67 Å². The molecule has 1 heterocycles. The Labute approximate surface area is 113 Å². The average molecular weight is 256 g/mol. The molecule has 3 heteroatoms. The van der Waals surface area contributed by atoms with Crippen LogP contribution in [0.4, 0.5) is 0 Å². The van der Waals surface area contributed by atoms with Crippen molar-refractivity contribution in [2.24, 2.45) is 0 Å². The van der Waals surface area contributed by atoms with E-state index in [1.54, 1.807) is 0 Å². The molecule has 1 fully saturated rings.